The first-order valence-electron chi connectivity index (χ1n) is 6.37. The Kier molecular flexibility index (Phi) is 4.95. The van der Waals surface area contributed by atoms with E-state index in [1.54, 1.807) is 13.3 Å². The zero-order valence-electron chi connectivity index (χ0n) is 11.9. The summed E-state index contributed by atoms with van der Waals surface area (Å²) in [5.41, 5.74) is 8.25. The summed E-state index contributed by atoms with van der Waals surface area (Å²) in [6, 6.07) is 13.4. The van der Waals surface area contributed by atoms with Gasteiger partial charge in [-0.25, -0.2) is 9.97 Å². The number of hydrogen-bond acceptors (Lipinski definition) is 4. The second kappa shape index (κ2) is 6.90. The van der Waals surface area contributed by atoms with Gasteiger partial charge in [0, 0.05) is 17.3 Å². The van der Waals surface area contributed by atoms with Crippen LogP contribution in [0.1, 0.15) is 5.56 Å². The first kappa shape index (κ1) is 15.1. The highest BCUT2D eigenvalue weighted by Gasteiger charge is 2.02. The summed E-state index contributed by atoms with van der Waals surface area (Å²) in [5, 5.41) is 1.15. The van der Waals surface area contributed by atoms with Crippen molar-refractivity contribution in [3.63, 3.8) is 0 Å². The molecule has 2 aromatic carbocycles. The molecule has 4 nitrogen and oxygen atoms in total. The largest absolute Gasteiger partial charge is 0.494 e. The first-order valence-corrected chi connectivity index (χ1v) is 6.75. The van der Waals surface area contributed by atoms with Gasteiger partial charge in [-0.15, -0.1) is 0 Å². The lowest BCUT2D eigenvalue weighted by atomic mass is 10.2. The molecule has 3 aromatic rings. The highest BCUT2D eigenvalue weighted by Crippen LogP contribution is 2.23. The van der Waals surface area contributed by atoms with Crippen LogP contribution in [0.25, 0.3) is 10.9 Å². The number of hydrogen-bond donors (Lipinski definition) is 1. The zero-order valence-corrected chi connectivity index (χ0v) is 12.6. The van der Waals surface area contributed by atoms with E-state index < -0.39 is 0 Å². The molecule has 0 fully saturated rings. The van der Waals surface area contributed by atoms with Crippen molar-refractivity contribution in [3.05, 3.63) is 59.5 Å². The highest BCUT2D eigenvalue weighted by atomic mass is 35.5. The molecule has 1 aromatic heterocycles. The Labute approximate surface area is 128 Å². The van der Waals surface area contributed by atoms with Crippen LogP contribution in [0.3, 0.4) is 0 Å². The summed E-state index contributed by atoms with van der Waals surface area (Å²) in [6.07, 6.45) is 1.67. The van der Waals surface area contributed by atoms with Gasteiger partial charge in [0.05, 0.1) is 7.11 Å². The van der Waals surface area contributed by atoms with Crippen molar-refractivity contribution >= 4 is 28.2 Å². The number of fused-ring (bicyclic) bond motifs is 1. The fourth-order valence-electron chi connectivity index (χ4n) is 1.74. The first-order chi connectivity index (χ1) is 10.1. The highest BCUT2D eigenvalue weighted by molar-refractivity contribution is 6.28. The molecule has 5 heteroatoms. The maximum atomic E-state index is 5.67. The molecule has 1 heterocycles. The van der Waals surface area contributed by atoms with Gasteiger partial charge in [-0.3, -0.25) is 0 Å². The molecule has 108 valence electrons. The van der Waals surface area contributed by atoms with Crippen LogP contribution in [0.4, 0.5) is 5.69 Å². The molecule has 0 saturated heterocycles. The molecule has 0 spiro atoms. The number of halogens is 1. The van der Waals surface area contributed by atoms with Crippen LogP contribution < -0.4 is 10.5 Å². The van der Waals surface area contributed by atoms with Gasteiger partial charge in [0.2, 0.25) is 5.28 Å². The lowest BCUT2D eigenvalue weighted by molar-refractivity contribution is 0.419. The predicted octanol–water partition coefficient (Wildman–Crippen LogP) is 3.87. The van der Waals surface area contributed by atoms with Gasteiger partial charge in [-0.1, -0.05) is 29.8 Å². The topological polar surface area (TPSA) is 61.0 Å². The van der Waals surface area contributed by atoms with Gasteiger partial charge in [-0.2, -0.15) is 0 Å². The Bertz CT molecular complexity index is 708. The fraction of sp³-hybridized carbons (Fsp3) is 0.125. The van der Waals surface area contributed by atoms with Crippen molar-refractivity contribution in [2.75, 3.05) is 12.8 Å². The van der Waals surface area contributed by atoms with Crippen LogP contribution >= 0.6 is 11.6 Å². The van der Waals surface area contributed by atoms with E-state index in [1.807, 2.05) is 49.4 Å². The van der Waals surface area contributed by atoms with Crippen LogP contribution in [0.15, 0.2) is 48.7 Å². The van der Waals surface area contributed by atoms with Crippen LogP contribution in [-0.2, 0) is 0 Å². The molecule has 2 N–H and O–H groups in total. The van der Waals surface area contributed by atoms with Crippen molar-refractivity contribution in [3.8, 4) is 5.75 Å². The molecular formula is C16H16ClN3O. The number of aromatic nitrogens is 2. The fourth-order valence-corrected chi connectivity index (χ4v) is 1.87. The van der Waals surface area contributed by atoms with Crippen LogP contribution in [-0.4, -0.2) is 17.1 Å². The number of ether oxygens (including phenoxy) is 1. The maximum Gasteiger partial charge on any atom is 0.223 e. The minimum atomic E-state index is 0.233. The molecule has 0 saturated carbocycles. The second-order valence-electron chi connectivity index (χ2n) is 4.45. The summed E-state index contributed by atoms with van der Waals surface area (Å²) in [7, 11) is 1.60. The van der Waals surface area contributed by atoms with Gasteiger partial charge in [0.15, 0.2) is 0 Å². The minimum Gasteiger partial charge on any atom is -0.494 e. The van der Waals surface area contributed by atoms with E-state index >= 15 is 0 Å². The Morgan fingerprint density at radius 2 is 1.81 bits per heavy atom. The minimum absolute atomic E-state index is 0.233. The van der Waals surface area contributed by atoms with Crippen LogP contribution in [0.5, 0.6) is 5.75 Å². The number of nitrogens with zero attached hydrogens (tertiary/aromatic N) is 2. The SMILES string of the molecule is COc1cccc2cnc(Cl)nc12.Cc1ccc(N)cc1. The third-order valence-corrected chi connectivity index (χ3v) is 3.02. The van der Waals surface area contributed by atoms with Gasteiger partial charge in [0.1, 0.15) is 11.3 Å². The summed E-state index contributed by atoms with van der Waals surface area (Å²) in [6.45, 7) is 2.04. The quantitative estimate of drug-likeness (QED) is 0.547. The Balaban J connectivity index is 0.000000173. The molecule has 0 amide bonds. The van der Waals surface area contributed by atoms with Crippen LogP contribution in [0, 0.1) is 6.92 Å². The molecular weight excluding hydrogens is 286 g/mol. The summed E-state index contributed by atoms with van der Waals surface area (Å²) < 4.78 is 5.13. The van der Waals surface area contributed by atoms with E-state index in [9.17, 15) is 0 Å². The standard InChI is InChI=1S/C9H7ClN2O.C7H9N/c1-13-7-4-2-3-6-5-11-9(10)12-8(6)7;1-6-2-4-7(8)5-3-6/h2-5H,1H3;2-5H,8H2,1H3. The van der Waals surface area contributed by atoms with Crippen molar-refractivity contribution in [2.24, 2.45) is 0 Å². The number of benzene rings is 2. The lowest BCUT2D eigenvalue weighted by Crippen LogP contribution is -1.89. The van der Waals surface area contributed by atoms with Crippen molar-refractivity contribution < 1.29 is 4.74 Å². The zero-order chi connectivity index (χ0) is 15.2. The molecule has 3 rings (SSSR count). The molecule has 0 aliphatic heterocycles. The second-order valence-corrected chi connectivity index (χ2v) is 4.79. The van der Waals surface area contributed by atoms with E-state index in [4.69, 9.17) is 22.1 Å². The molecule has 0 bridgehead atoms. The molecule has 0 atom stereocenters. The summed E-state index contributed by atoms with van der Waals surface area (Å²) in [5.74, 6) is 0.710. The molecule has 0 unspecified atom stereocenters. The summed E-state index contributed by atoms with van der Waals surface area (Å²) in [4.78, 5) is 7.96. The average Bonchev–Trinajstić information content (AvgIpc) is 2.50. The Morgan fingerprint density at radius 1 is 1.10 bits per heavy atom. The number of para-hydroxylation sites is 1. The average molecular weight is 302 g/mol. The summed E-state index contributed by atoms with van der Waals surface area (Å²) >= 11 is 5.67. The molecule has 21 heavy (non-hydrogen) atoms. The molecule has 0 radical (unpaired) electrons. The van der Waals surface area contributed by atoms with E-state index in [0.29, 0.717) is 5.75 Å². The number of nitrogen functional groups attached to an aromatic ring is 1. The van der Waals surface area contributed by atoms with Crippen molar-refractivity contribution in [1.82, 2.24) is 9.97 Å². The number of aryl methyl sites for hydroxylation is 1. The molecule has 0 aliphatic carbocycles. The Hall–Kier alpha value is -2.33. The Morgan fingerprint density at radius 3 is 2.43 bits per heavy atom. The van der Waals surface area contributed by atoms with Crippen molar-refractivity contribution in [2.45, 2.75) is 6.92 Å². The van der Waals surface area contributed by atoms with Gasteiger partial charge in [-0.05, 0) is 36.7 Å². The number of nitrogens with two attached hydrogens (primary N) is 1. The van der Waals surface area contributed by atoms with E-state index in [2.05, 4.69) is 9.97 Å². The molecule has 0 aliphatic rings. The van der Waals surface area contributed by atoms with Gasteiger partial charge >= 0.3 is 0 Å². The normalized spacial score (nSPS) is 9.86. The third kappa shape index (κ3) is 4.07. The van der Waals surface area contributed by atoms with Crippen molar-refractivity contribution in [1.29, 1.82) is 0 Å². The van der Waals surface area contributed by atoms with Gasteiger partial charge in [0.25, 0.3) is 0 Å². The van der Waals surface area contributed by atoms with Gasteiger partial charge < -0.3 is 10.5 Å². The van der Waals surface area contributed by atoms with E-state index in [-0.39, 0.29) is 5.28 Å². The van der Waals surface area contributed by atoms with Crippen LogP contribution in [0.2, 0.25) is 5.28 Å². The smallest absolute Gasteiger partial charge is 0.223 e. The number of methoxy groups -OCH3 is 1. The predicted molar refractivity (Wildman–Crippen MR) is 86.7 cm³/mol. The monoisotopic (exact) mass is 301 g/mol. The number of rotatable bonds is 1. The lowest BCUT2D eigenvalue weighted by Gasteiger charge is -2.02. The van der Waals surface area contributed by atoms with E-state index in [1.165, 1.54) is 5.56 Å². The number of anilines is 1. The third-order valence-electron chi connectivity index (χ3n) is 2.84. The maximum absolute atomic E-state index is 5.67. The van der Waals surface area contributed by atoms with E-state index in [0.717, 1.165) is 16.6 Å².